The molecular weight excluding hydrogens is 342 g/mol. The van der Waals surface area contributed by atoms with Crippen LogP contribution < -0.4 is 11.1 Å². The van der Waals surface area contributed by atoms with Gasteiger partial charge in [0, 0.05) is 30.1 Å². The standard InChI is InChI=1S/C18H25N3O3.ClH/c19-17-13-5-3-6-14(17)11-15(10-13)18(22)20-9-8-12-4-1-2-7-16(12)21(23)24;/h1-2,4,7,13-15,17H,3,5-6,8-11,19H2,(H,20,22);1H. The van der Waals surface area contributed by atoms with E-state index in [0.29, 0.717) is 30.4 Å². The molecule has 1 aromatic rings. The minimum absolute atomic E-state index is 0. The maximum atomic E-state index is 12.5. The van der Waals surface area contributed by atoms with Crippen molar-refractivity contribution in [1.29, 1.82) is 0 Å². The van der Waals surface area contributed by atoms with Gasteiger partial charge in [-0.05, 0) is 43.9 Å². The molecule has 0 aliphatic heterocycles. The van der Waals surface area contributed by atoms with E-state index in [-0.39, 0.29) is 40.9 Å². The molecule has 2 aliphatic rings. The van der Waals surface area contributed by atoms with E-state index in [1.54, 1.807) is 18.2 Å². The number of nitrogens with zero attached hydrogens (tertiary/aromatic N) is 1. The van der Waals surface area contributed by atoms with Crippen LogP contribution in [-0.2, 0) is 11.2 Å². The van der Waals surface area contributed by atoms with Crippen molar-refractivity contribution in [1.82, 2.24) is 5.32 Å². The maximum absolute atomic E-state index is 12.5. The third-order valence-electron chi connectivity index (χ3n) is 5.67. The number of fused-ring (bicyclic) bond motifs is 2. The van der Waals surface area contributed by atoms with Crippen molar-refractivity contribution >= 4 is 24.0 Å². The van der Waals surface area contributed by atoms with E-state index in [4.69, 9.17) is 5.73 Å². The van der Waals surface area contributed by atoms with E-state index < -0.39 is 0 Å². The highest BCUT2D eigenvalue weighted by Gasteiger charge is 2.40. The van der Waals surface area contributed by atoms with Crippen molar-refractivity contribution in [3.05, 3.63) is 39.9 Å². The summed E-state index contributed by atoms with van der Waals surface area (Å²) in [4.78, 5) is 23.1. The Kier molecular flexibility index (Phi) is 6.79. The number of nitro groups is 1. The molecule has 2 unspecified atom stereocenters. The summed E-state index contributed by atoms with van der Waals surface area (Å²) in [6.45, 7) is 0.432. The molecule has 0 radical (unpaired) electrons. The lowest BCUT2D eigenvalue weighted by molar-refractivity contribution is -0.385. The van der Waals surface area contributed by atoms with Gasteiger partial charge in [0.2, 0.25) is 5.91 Å². The molecule has 7 heteroatoms. The predicted molar refractivity (Wildman–Crippen MR) is 98.6 cm³/mol. The van der Waals surface area contributed by atoms with Gasteiger partial charge >= 0.3 is 0 Å². The van der Waals surface area contributed by atoms with Crippen LogP contribution in [0.4, 0.5) is 5.69 Å². The number of para-hydroxylation sites is 1. The molecule has 2 saturated carbocycles. The lowest BCUT2D eigenvalue weighted by Gasteiger charge is -2.43. The van der Waals surface area contributed by atoms with Crippen molar-refractivity contribution in [2.75, 3.05) is 6.54 Å². The Morgan fingerprint density at radius 2 is 1.88 bits per heavy atom. The molecule has 0 spiro atoms. The fourth-order valence-corrected chi connectivity index (χ4v) is 4.37. The lowest BCUT2D eigenvalue weighted by atomic mass is 9.65. The molecule has 138 valence electrons. The highest BCUT2D eigenvalue weighted by Crippen LogP contribution is 2.41. The predicted octanol–water partition coefficient (Wildman–Crippen LogP) is 2.83. The Morgan fingerprint density at radius 3 is 2.52 bits per heavy atom. The van der Waals surface area contributed by atoms with Gasteiger partial charge in [-0.1, -0.05) is 24.6 Å². The second kappa shape index (κ2) is 8.63. The summed E-state index contributed by atoms with van der Waals surface area (Å²) in [7, 11) is 0. The normalized spacial score (nSPS) is 27.9. The van der Waals surface area contributed by atoms with Crippen molar-refractivity contribution < 1.29 is 9.72 Å². The summed E-state index contributed by atoms with van der Waals surface area (Å²) in [6, 6.07) is 6.95. The molecule has 3 N–H and O–H groups in total. The van der Waals surface area contributed by atoms with Gasteiger partial charge in [-0.2, -0.15) is 0 Å². The number of nitrogens with one attached hydrogen (secondary N) is 1. The van der Waals surface area contributed by atoms with Crippen LogP contribution in [0.3, 0.4) is 0 Å². The molecule has 0 aromatic heterocycles. The van der Waals surface area contributed by atoms with Gasteiger partial charge in [0.15, 0.2) is 0 Å². The first-order valence-electron chi connectivity index (χ1n) is 8.82. The molecule has 25 heavy (non-hydrogen) atoms. The number of nitrogens with two attached hydrogens (primary N) is 1. The van der Waals surface area contributed by atoms with Gasteiger partial charge in [0.05, 0.1) is 4.92 Å². The molecule has 0 heterocycles. The van der Waals surface area contributed by atoms with Crippen LogP contribution in [0.25, 0.3) is 0 Å². The average molecular weight is 368 g/mol. The highest BCUT2D eigenvalue weighted by atomic mass is 35.5. The smallest absolute Gasteiger partial charge is 0.272 e. The first-order valence-corrected chi connectivity index (χ1v) is 8.82. The third kappa shape index (κ3) is 4.50. The fourth-order valence-electron chi connectivity index (χ4n) is 4.37. The number of halogens is 1. The van der Waals surface area contributed by atoms with Crippen LogP contribution in [0.5, 0.6) is 0 Å². The van der Waals surface area contributed by atoms with Gasteiger partial charge in [-0.25, -0.2) is 0 Å². The summed E-state index contributed by atoms with van der Waals surface area (Å²) in [6.07, 6.45) is 5.75. The Labute approximate surface area is 154 Å². The number of carbonyl (C=O) groups excluding carboxylic acids is 1. The number of hydrogen-bond donors (Lipinski definition) is 2. The van der Waals surface area contributed by atoms with E-state index >= 15 is 0 Å². The second-order valence-corrected chi connectivity index (χ2v) is 7.12. The molecular formula is C18H26ClN3O3. The van der Waals surface area contributed by atoms with E-state index in [2.05, 4.69) is 5.32 Å². The first kappa shape index (κ1) is 19.7. The first-order chi connectivity index (χ1) is 11.6. The topological polar surface area (TPSA) is 98.3 Å². The van der Waals surface area contributed by atoms with Gasteiger partial charge < -0.3 is 11.1 Å². The number of carbonyl (C=O) groups is 1. The van der Waals surface area contributed by atoms with E-state index in [1.807, 2.05) is 0 Å². The largest absolute Gasteiger partial charge is 0.356 e. The number of hydrogen-bond acceptors (Lipinski definition) is 4. The van der Waals surface area contributed by atoms with E-state index in [1.165, 1.54) is 12.5 Å². The van der Waals surface area contributed by atoms with Gasteiger partial charge in [0.1, 0.15) is 0 Å². The lowest BCUT2D eigenvalue weighted by Crippen LogP contribution is -2.49. The van der Waals surface area contributed by atoms with Gasteiger partial charge in [-0.3, -0.25) is 14.9 Å². The van der Waals surface area contributed by atoms with E-state index in [9.17, 15) is 14.9 Å². The molecule has 1 amide bonds. The zero-order chi connectivity index (χ0) is 17.1. The average Bonchev–Trinajstić information content (AvgIpc) is 2.54. The van der Waals surface area contributed by atoms with Gasteiger partial charge in [-0.15, -0.1) is 12.4 Å². The van der Waals surface area contributed by atoms with Crippen LogP contribution in [0.2, 0.25) is 0 Å². The summed E-state index contributed by atoms with van der Waals surface area (Å²) in [5, 5.41) is 14.0. The van der Waals surface area contributed by atoms with Crippen LogP contribution in [0.15, 0.2) is 24.3 Å². The molecule has 2 atom stereocenters. The van der Waals surface area contributed by atoms with Crippen molar-refractivity contribution in [2.24, 2.45) is 23.5 Å². The molecule has 6 nitrogen and oxygen atoms in total. The molecule has 0 saturated heterocycles. The molecule has 2 fully saturated rings. The monoisotopic (exact) mass is 367 g/mol. The summed E-state index contributed by atoms with van der Waals surface area (Å²) in [5.41, 5.74) is 7.05. The molecule has 2 aliphatic carbocycles. The quantitative estimate of drug-likeness (QED) is 0.617. The maximum Gasteiger partial charge on any atom is 0.272 e. The summed E-state index contributed by atoms with van der Waals surface area (Å²) < 4.78 is 0. The van der Waals surface area contributed by atoms with Crippen molar-refractivity contribution in [3.63, 3.8) is 0 Å². The number of nitro benzene ring substituents is 1. The zero-order valence-corrected chi connectivity index (χ0v) is 15.0. The Balaban J connectivity index is 0.00000225. The number of rotatable bonds is 5. The fraction of sp³-hybridized carbons (Fsp3) is 0.611. The minimum atomic E-state index is -0.374. The Hall–Kier alpha value is -1.66. The SMILES string of the molecule is Cl.NC1C2CCCC1CC(C(=O)NCCc1ccccc1[N+](=O)[O-])C2. The van der Waals surface area contributed by atoms with Gasteiger partial charge in [0.25, 0.3) is 5.69 Å². The Bertz CT molecular complexity index is 611. The van der Waals surface area contributed by atoms with Crippen LogP contribution >= 0.6 is 12.4 Å². The molecule has 3 rings (SSSR count). The number of benzene rings is 1. The summed E-state index contributed by atoms with van der Waals surface area (Å²) >= 11 is 0. The van der Waals surface area contributed by atoms with Crippen molar-refractivity contribution in [2.45, 2.75) is 44.6 Å². The molecule has 1 aromatic carbocycles. The van der Waals surface area contributed by atoms with Crippen LogP contribution in [0, 0.1) is 27.9 Å². The molecule has 2 bridgehead atoms. The number of amides is 1. The summed E-state index contributed by atoms with van der Waals surface area (Å²) in [5.74, 6) is 1.08. The Morgan fingerprint density at radius 1 is 1.24 bits per heavy atom. The van der Waals surface area contributed by atoms with Crippen LogP contribution in [0.1, 0.15) is 37.7 Å². The minimum Gasteiger partial charge on any atom is -0.356 e. The zero-order valence-electron chi connectivity index (χ0n) is 14.2. The highest BCUT2D eigenvalue weighted by molar-refractivity contribution is 5.85. The van der Waals surface area contributed by atoms with E-state index in [0.717, 1.165) is 25.7 Å². The van der Waals surface area contributed by atoms with Crippen LogP contribution in [-0.4, -0.2) is 23.4 Å². The third-order valence-corrected chi connectivity index (χ3v) is 5.67. The van der Waals surface area contributed by atoms with Crippen molar-refractivity contribution in [3.8, 4) is 0 Å². The second-order valence-electron chi connectivity index (χ2n) is 7.12.